The average Bonchev–Trinajstić information content (AvgIpc) is 2.48. The third-order valence-electron chi connectivity index (χ3n) is 2.44. The van der Waals surface area contributed by atoms with Gasteiger partial charge in [-0.2, -0.15) is 10.2 Å². The lowest BCUT2D eigenvalue weighted by atomic mass is 10.2. The zero-order valence-corrected chi connectivity index (χ0v) is 10.4. The molecule has 1 heterocycles. The van der Waals surface area contributed by atoms with E-state index in [4.69, 9.17) is 11.1 Å². The Morgan fingerprint density at radius 2 is 2.24 bits per heavy atom. The van der Waals surface area contributed by atoms with E-state index < -0.39 is 16.4 Å². The molecular formula is C11H8FN7O2. The number of hydrogen-bond acceptors (Lipinski definition) is 8. The molecule has 0 spiro atoms. The van der Waals surface area contributed by atoms with E-state index in [2.05, 4.69) is 20.7 Å². The number of aromatic nitrogens is 2. The van der Waals surface area contributed by atoms with E-state index in [9.17, 15) is 14.5 Å². The van der Waals surface area contributed by atoms with Crippen LogP contribution < -0.4 is 16.6 Å². The fraction of sp³-hybridized carbons (Fsp3) is 0. The molecule has 0 amide bonds. The van der Waals surface area contributed by atoms with Crippen molar-refractivity contribution in [2.75, 3.05) is 10.7 Å². The van der Waals surface area contributed by atoms with Gasteiger partial charge in [0.1, 0.15) is 18.1 Å². The van der Waals surface area contributed by atoms with Gasteiger partial charge >= 0.3 is 5.69 Å². The molecule has 4 N–H and O–H groups in total. The average molecular weight is 289 g/mol. The summed E-state index contributed by atoms with van der Waals surface area (Å²) in [5.41, 5.74) is 1.82. The lowest BCUT2D eigenvalue weighted by Gasteiger charge is -2.07. The second-order valence-corrected chi connectivity index (χ2v) is 3.76. The Labute approximate surface area is 117 Å². The zero-order valence-electron chi connectivity index (χ0n) is 10.4. The maximum atomic E-state index is 13.2. The number of nitriles is 1. The second kappa shape index (κ2) is 5.76. The summed E-state index contributed by atoms with van der Waals surface area (Å²) in [5, 5.41) is 22.3. The summed E-state index contributed by atoms with van der Waals surface area (Å²) in [6.45, 7) is 0. The van der Waals surface area contributed by atoms with Crippen molar-refractivity contribution >= 4 is 23.1 Å². The van der Waals surface area contributed by atoms with E-state index in [1.165, 1.54) is 12.1 Å². The summed E-state index contributed by atoms with van der Waals surface area (Å²) in [4.78, 5) is 17.7. The Kier molecular flexibility index (Phi) is 3.87. The topological polar surface area (TPSA) is 143 Å². The highest BCUT2D eigenvalue weighted by atomic mass is 19.1. The van der Waals surface area contributed by atoms with Gasteiger partial charge in [-0.25, -0.2) is 15.2 Å². The molecule has 0 aliphatic carbocycles. The molecule has 0 aliphatic rings. The smallest absolute Gasteiger partial charge is 0.329 e. The first-order valence-electron chi connectivity index (χ1n) is 5.50. The highest BCUT2D eigenvalue weighted by Crippen LogP contribution is 2.26. The molecule has 0 fully saturated rings. The molecule has 2 aromatic rings. The van der Waals surface area contributed by atoms with Crippen molar-refractivity contribution in [2.24, 2.45) is 5.84 Å². The van der Waals surface area contributed by atoms with Gasteiger partial charge in [0, 0.05) is 5.69 Å². The number of nitrogen functional groups attached to an aromatic ring is 1. The molecule has 0 saturated carbocycles. The number of nitrogens with zero attached hydrogens (tertiary/aromatic N) is 4. The summed E-state index contributed by atoms with van der Waals surface area (Å²) in [6.07, 6.45) is 0.971. The molecule has 2 rings (SSSR count). The minimum absolute atomic E-state index is 0.0364. The molecule has 10 heteroatoms. The first kappa shape index (κ1) is 14.1. The van der Waals surface area contributed by atoms with E-state index in [0.29, 0.717) is 0 Å². The van der Waals surface area contributed by atoms with Crippen LogP contribution in [-0.2, 0) is 0 Å². The van der Waals surface area contributed by atoms with Crippen LogP contribution in [0.5, 0.6) is 0 Å². The van der Waals surface area contributed by atoms with Crippen LogP contribution in [0.25, 0.3) is 0 Å². The highest BCUT2D eigenvalue weighted by molar-refractivity contribution is 5.67. The second-order valence-electron chi connectivity index (χ2n) is 3.76. The number of benzene rings is 1. The lowest BCUT2D eigenvalue weighted by molar-refractivity contribution is -0.384. The van der Waals surface area contributed by atoms with Crippen molar-refractivity contribution in [3.63, 3.8) is 0 Å². The molecule has 1 aromatic heterocycles. The third kappa shape index (κ3) is 2.99. The number of nitrogens with one attached hydrogen (secondary N) is 2. The van der Waals surface area contributed by atoms with Crippen LogP contribution in [0, 0.1) is 27.3 Å². The normalized spacial score (nSPS) is 9.76. The molecule has 21 heavy (non-hydrogen) atoms. The number of rotatable bonds is 4. The molecule has 106 valence electrons. The lowest BCUT2D eigenvalue weighted by Crippen LogP contribution is -2.12. The van der Waals surface area contributed by atoms with Crippen molar-refractivity contribution in [3.8, 4) is 6.07 Å². The van der Waals surface area contributed by atoms with Gasteiger partial charge in [-0.15, -0.1) is 0 Å². The largest absolute Gasteiger partial charge is 0.334 e. The van der Waals surface area contributed by atoms with Gasteiger partial charge in [0.25, 0.3) is 0 Å². The van der Waals surface area contributed by atoms with E-state index in [1.54, 1.807) is 6.07 Å². The van der Waals surface area contributed by atoms with Crippen molar-refractivity contribution in [1.29, 1.82) is 5.26 Å². The molecular weight excluding hydrogens is 281 g/mol. The summed E-state index contributed by atoms with van der Waals surface area (Å²) in [6, 6.07) is 5.25. The van der Waals surface area contributed by atoms with Gasteiger partial charge in [0.15, 0.2) is 0 Å². The van der Waals surface area contributed by atoms with Crippen molar-refractivity contribution < 1.29 is 9.31 Å². The van der Waals surface area contributed by atoms with E-state index in [0.717, 1.165) is 12.3 Å². The Morgan fingerprint density at radius 1 is 1.48 bits per heavy atom. The van der Waals surface area contributed by atoms with Crippen LogP contribution in [-0.4, -0.2) is 14.9 Å². The molecule has 0 radical (unpaired) electrons. The van der Waals surface area contributed by atoms with Gasteiger partial charge in [0.2, 0.25) is 11.8 Å². The van der Waals surface area contributed by atoms with E-state index >= 15 is 0 Å². The fourth-order valence-electron chi connectivity index (χ4n) is 1.50. The van der Waals surface area contributed by atoms with Crippen molar-refractivity contribution in [3.05, 3.63) is 45.9 Å². The standard InChI is InChI=1S/C11H8FN7O2/c12-8-2-1-7(3-6(8)4-13)16-10-9(19(20)21)5-15-11(17-10)18-14/h1-3,5H,14H2,(H2,15,16,17,18). The molecule has 0 bridgehead atoms. The minimum Gasteiger partial charge on any atom is -0.334 e. The van der Waals surface area contributed by atoms with Crippen LogP contribution in [0.3, 0.4) is 0 Å². The molecule has 0 saturated heterocycles. The minimum atomic E-state index is -0.690. The molecule has 0 atom stereocenters. The van der Waals surface area contributed by atoms with E-state index in [1.807, 2.05) is 0 Å². The van der Waals surface area contributed by atoms with Gasteiger partial charge in [-0.05, 0) is 18.2 Å². The van der Waals surface area contributed by atoms with Crippen LogP contribution >= 0.6 is 0 Å². The Bertz CT molecular complexity index is 744. The first-order valence-corrected chi connectivity index (χ1v) is 5.50. The maximum Gasteiger partial charge on any atom is 0.329 e. The van der Waals surface area contributed by atoms with Crippen LogP contribution in [0.2, 0.25) is 0 Å². The van der Waals surface area contributed by atoms with Gasteiger partial charge in [0.05, 0.1) is 10.5 Å². The molecule has 0 unspecified atom stereocenters. The summed E-state index contributed by atoms with van der Waals surface area (Å²) in [7, 11) is 0. The van der Waals surface area contributed by atoms with Crippen LogP contribution in [0.15, 0.2) is 24.4 Å². The number of anilines is 3. The Morgan fingerprint density at radius 3 is 2.86 bits per heavy atom. The van der Waals surface area contributed by atoms with Gasteiger partial charge in [-0.3, -0.25) is 15.5 Å². The number of halogens is 1. The number of nitro groups is 1. The number of hydrogen-bond donors (Lipinski definition) is 3. The predicted octanol–water partition coefficient (Wildman–Crippen LogP) is 1.42. The number of hydrazine groups is 1. The van der Waals surface area contributed by atoms with Gasteiger partial charge in [-0.1, -0.05) is 0 Å². The first-order chi connectivity index (χ1) is 10.0. The fourth-order valence-corrected chi connectivity index (χ4v) is 1.50. The monoisotopic (exact) mass is 289 g/mol. The van der Waals surface area contributed by atoms with Crippen LogP contribution in [0.1, 0.15) is 5.56 Å². The SMILES string of the molecule is N#Cc1cc(Nc2nc(NN)ncc2[N+](=O)[O-])ccc1F. The molecule has 1 aromatic carbocycles. The number of nitrogens with two attached hydrogens (primary N) is 1. The summed E-state index contributed by atoms with van der Waals surface area (Å²) in [5.74, 6) is 4.27. The van der Waals surface area contributed by atoms with Gasteiger partial charge < -0.3 is 5.32 Å². The van der Waals surface area contributed by atoms with Crippen LogP contribution in [0.4, 0.5) is 27.5 Å². The quantitative estimate of drug-likeness (QED) is 0.435. The predicted molar refractivity (Wildman–Crippen MR) is 70.9 cm³/mol. The molecule has 0 aliphatic heterocycles. The Balaban J connectivity index is 2.43. The van der Waals surface area contributed by atoms with Crippen molar-refractivity contribution in [2.45, 2.75) is 0 Å². The third-order valence-corrected chi connectivity index (χ3v) is 2.44. The Hall–Kier alpha value is -3.32. The van der Waals surface area contributed by atoms with E-state index in [-0.39, 0.29) is 23.0 Å². The zero-order chi connectivity index (χ0) is 15.4. The summed E-state index contributed by atoms with van der Waals surface area (Å²) < 4.78 is 13.2. The summed E-state index contributed by atoms with van der Waals surface area (Å²) >= 11 is 0. The molecule has 9 nitrogen and oxygen atoms in total. The van der Waals surface area contributed by atoms with Crippen molar-refractivity contribution in [1.82, 2.24) is 9.97 Å². The highest BCUT2D eigenvalue weighted by Gasteiger charge is 2.17. The maximum absolute atomic E-state index is 13.2.